The number of nitrogens with one attached hydrogen (secondary N) is 2. The van der Waals surface area contributed by atoms with E-state index in [4.69, 9.17) is 0 Å². The third-order valence-corrected chi connectivity index (χ3v) is 3.02. The van der Waals surface area contributed by atoms with Crippen molar-refractivity contribution in [2.45, 2.75) is 39.2 Å². The molecule has 0 saturated heterocycles. The molecule has 6 heteroatoms. The Hall–Kier alpha value is -2.11. The summed E-state index contributed by atoms with van der Waals surface area (Å²) < 4.78 is 0. The monoisotopic (exact) mass is 262 g/mol. The summed E-state index contributed by atoms with van der Waals surface area (Å²) in [6.07, 6.45) is 3.85. The fourth-order valence-electron chi connectivity index (χ4n) is 2.02. The number of aromatic amines is 1. The molecule has 1 atom stereocenters. The number of unbranched alkanes of at least 4 members (excludes halogenated alkanes) is 1. The van der Waals surface area contributed by atoms with Gasteiger partial charge in [-0.05, 0) is 19.4 Å². The Kier molecular flexibility index (Phi) is 3.99. The fraction of sp³-hybridized carbons (Fsp3) is 0.462. The second-order valence-corrected chi connectivity index (χ2v) is 4.61. The van der Waals surface area contributed by atoms with Crippen LogP contribution in [0.4, 0.5) is 5.82 Å². The number of carboxylic acid groups (broad SMARTS) is 1. The van der Waals surface area contributed by atoms with Crippen molar-refractivity contribution in [2.24, 2.45) is 0 Å². The predicted molar refractivity (Wildman–Crippen MR) is 73.2 cm³/mol. The van der Waals surface area contributed by atoms with E-state index in [0.717, 1.165) is 29.6 Å². The Balaban J connectivity index is 2.25. The van der Waals surface area contributed by atoms with Crippen LogP contribution in [0.25, 0.3) is 11.0 Å². The predicted octanol–water partition coefficient (Wildman–Crippen LogP) is 2.32. The van der Waals surface area contributed by atoms with Gasteiger partial charge in [0.25, 0.3) is 0 Å². The Bertz CT molecular complexity index is 579. The average molecular weight is 262 g/mol. The first-order valence-electron chi connectivity index (χ1n) is 6.41. The van der Waals surface area contributed by atoms with Gasteiger partial charge in [-0.15, -0.1) is 0 Å². The number of carboxylic acids is 1. The van der Waals surface area contributed by atoms with Crippen LogP contribution in [0.1, 0.15) is 31.9 Å². The molecule has 0 bridgehead atoms. The number of H-pyrrole nitrogens is 1. The highest BCUT2D eigenvalue weighted by atomic mass is 16.4. The Labute approximate surface area is 111 Å². The number of anilines is 1. The second kappa shape index (κ2) is 5.69. The smallest absolute Gasteiger partial charge is 0.326 e. The van der Waals surface area contributed by atoms with Crippen LogP contribution >= 0.6 is 0 Å². The first kappa shape index (κ1) is 13.3. The molecule has 0 aliphatic heterocycles. The van der Waals surface area contributed by atoms with Gasteiger partial charge in [0.05, 0.1) is 5.39 Å². The van der Waals surface area contributed by atoms with Crippen LogP contribution in [-0.2, 0) is 4.79 Å². The highest BCUT2D eigenvalue weighted by Gasteiger charge is 2.18. The average Bonchev–Trinajstić information content (AvgIpc) is 2.75. The summed E-state index contributed by atoms with van der Waals surface area (Å²) in [4.78, 5) is 22.6. The second-order valence-electron chi connectivity index (χ2n) is 4.61. The lowest BCUT2D eigenvalue weighted by Crippen LogP contribution is -2.29. The summed E-state index contributed by atoms with van der Waals surface area (Å²) in [5.41, 5.74) is 1.69. The molecule has 0 aromatic carbocycles. The number of aliphatic carboxylic acids is 1. The van der Waals surface area contributed by atoms with Crippen molar-refractivity contribution in [1.82, 2.24) is 15.0 Å². The number of carbonyl (C=O) groups is 1. The summed E-state index contributed by atoms with van der Waals surface area (Å²) in [5, 5.41) is 13.0. The lowest BCUT2D eigenvalue weighted by molar-refractivity contribution is -0.138. The van der Waals surface area contributed by atoms with Crippen LogP contribution in [-0.4, -0.2) is 32.1 Å². The largest absolute Gasteiger partial charge is 0.480 e. The van der Waals surface area contributed by atoms with E-state index in [2.05, 4.69) is 20.3 Å². The van der Waals surface area contributed by atoms with E-state index in [0.29, 0.717) is 12.2 Å². The first-order valence-corrected chi connectivity index (χ1v) is 6.41. The molecule has 2 aromatic rings. The molecule has 0 aliphatic rings. The van der Waals surface area contributed by atoms with Crippen molar-refractivity contribution in [3.63, 3.8) is 0 Å². The molecule has 1 unspecified atom stereocenters. The van der Waals surface area contributed by atoms with E-state index < -0.39 is 12.0 Å². The van der Waals surface area contributed by atoms with Crippen LogP contribution in [0.2, 0.25) is 0 Å². The van der Waals surface area contributed by atoms with Gasteiger partial charge in [0.15, 0.2) is 0 Å². The van der Waals surface area contributed by atoms with Gasteiger partial charge in [-0.1, -0.05) is 19.8 Å². The fourth-order valence-corrected chi connectivity index (χ4v) is 2.02. The van der Waals surface area contributed by atoms with Crippen molar-refractivity contribution in [3.05, 3.63) is 18.1 Å². The maximum atomic E-state index is 11.2. The number of aromatic nitrogens is 3. The highest BCUT2D eigenvalue weighted by Crippen LogP contribution is 2.21. The number of aryl methyl sites for hydroxylation is 1. The Morgan fingerprint density at radius 2 is 2.32 bits per heavy atom. The van der Waals surface area contributed by atoms with Gasteiger partial charge in [-0.3, -0.25) is 0 Å². The maximum absolute atomic E-state index is 11.2. The van der Waals surface area contributed by atoms with E-state index in [1.807, 2.05) is 19.9 Å². The molecule has 0 spiro atoms. The van der Waals surface area contributed by atoms with E-state index in [1.54, 1.807) is 0 Å². The lowest BCUT2D eigenvalue weighted by Gasteiger charge is -2.14. The van der Waals surface area contributed by atoms with Gasteiger partial charge < -0.3 is 15.4 Å². The third kappa shape index (κ3) is 3.01. The number of hydrogen-bond donors (Lipinski definition) is 3. The minimum atomic E-state index is -0.854. The Morgan fingerprint density at radius 1 is 1.53 bits per heavy atom. The van der Waals surface area contributed by atoms with Gasteiger partial charge in [-0.25, -0.2) is 14.8 Å². The summed E-state index contributed by atoms with van der Waals surface area (Å²) >= 11 is 0. The van der Waals surface area contributed by atoms with Gasteiger partial charge in [0.2, 0.25) is 0 Å². The number of fused-ring (bicyclic) bond motifs is 1. The molecule has 0 aliphatic carbocycles. The number of hydrogen-bond acceptors (Lipinski definition) is 4. The molecule has 0 amide bonds. The van der Waals surface area contributed by atoms with Crippen molar-refractivity contribution in [3.8, 4) is 0 Å². The molecule has 2 rings (SSSR count). The van der Waals surface area contributed by atoms with Crippen LogP contribution in [0.3, 0.4) is 0 Å². The molecule has 2 aromatic heterocycles. The molecular weight excluding hydrogens is 244 g/mol. The van der Waals surface area contributed by atoms with E-state index in [1.165, 1.54) is 6.33 Å². The first-order chi connectivity index (χ1) is 9.11. The molecule has 0 fully saturated rings. The molecule has 3 N–H and O–H groups in total. The van der Waals surface area contributed by atoms with E-state index in [9.17, 15) is 9.90 Å². The number of rotatable bonds is 6. The van der Waals surface area contributed by atoms with Gasteiger partial charge in [-0.2, -0.15) is 0 Å². The molecular formula is C13H18N4O2. The standard InChI is InChI=1S/C13H18N4O2/c1-3-4-5-10(13(18)19)17-12-9-6-8(2)16-11(9)14-7-15-12/h6-7,10H,3-5H2,1-2H3,(H,18,19)(H2,14,15,16,17). The highest BCUT2D eigenvalue weighted by molar-refractivity contribution is 5.89. The summed E-state index contributed by atoms with van der Waals surface area (Å²) in [5.74, 6) is -0.287. The van der Waals surface area contributed by atoms with E-state index >= 15 is 0 Å². The number of nitrogens with zero attached hydrogens (tertiary/aromatic N) is 2. The zero-order valence-electron chi connectivity index (χ0n) is 11.1. The summed E-state index contributed by atoms with van der Waals surface area (Å²) in [6, 6.07) is 1.30. The van der Waals surface area contributed by atoms with Gasteiger partial charge >= 0.3 is 5.97 Å². The summed E-state index contributed by atoms with van der Waals surface area (Å²) in [6.45, 7) is 3.97. The zero-order chi connectivity index (χ0) is 13.8. The summed E-state index contributed by atoms with van der Waals surface area (Å²) in [7, 11) is 0. The lowest BCUT2D eigenvalue weighted by atomic mass is 10.1. The van der Waals surface area contributed by atoms with Gasteiger partial charge in [0, 0.05) is 5.69 Å². The van der Waals surface area contributed by atoms with Crippen LogP contribution in [0.15, 0.2) is 12.4 Å². The molecule has 6 nitrogen and oxygen atoms in total. The molecule has 2 heterocycles. The minimum absolute atomic E-state index is 0.567. The van der Waals surface area contributed by atoms with Crippen LogP contribution < -0.4 is 5.32 Å². The third-order valence-electron chi connectivity index (χ3n) is 3.02. The minimum Gasteiger partial charge on any atom is -0.480 e. The van der Waals surface area contributed by atoms with Crippen LogP contribution in [0, 0.1) is 6.92 Å². The van der Waals surface area contributed by atoms with Gasteiger partial charge in [0.1, 0.15) is 23.8 Å². The molecule has 0 saturated carbocycles. The van der Waals surface area contributed by atoms with Crippen molar-refractivity contribution >= 4 is 22.8 Å². The van der Waals surface area contributed by atoms with Crippen molar-refractivity contribution in [1.29, 1.82) is 0 Å². The van der Waals surface area contributed by atoms with Crippen molar-refractivity contribution in [2.75, 3.05) is 5.32 Å². The van der Waals surface area contributed by atoms with Crippen LogP contribution in [0.5, 0.6) is 0 Å². The normalized spacial score (nSPS) is 12.5. The molecule has 102 valence electrons. The van der Waals surface area contributed by atoms with E-state index in [-0.39, 0.29) is 0 Å². The van der Waals surface area contributed by atoms with Crippen molar-refractivity contribution < 1.29 is 9.90 Å². The molecule has 19 heavy (non-hydrogen) atoms. The Morgan fingerprint density at radius 3 is 3.00 bits per heavy atom. The zero-order valence-corrected chi connectivity index (χ0v) is 11.1. The maximum Gasteiger partial charge on any atom is 0.326 e. The SMILES string of the molecule is CCCCC(Nc1ncnc2[nH]c(C)cc12)C(=O)O. The topological polar surface area (TPSA) is 90.9 Å². The quantitative estimate of drug-likeness (QED) is 0.743. The molecule has 0 radical (unpaired) electrons.